The second kappa shape index (κ2) is 6.12. The highest BCUT2D eigenvalue weighted by Crippen LogP contribution is 2.45. The average molecular weight is 314 g/mol. The molecule has 1 atom stereocenters. The van der Waals surface area contributed by atoms with Crippen LogP contribution in [0.3, 0.4) is 0 Å². The predicted molar refractivity (Wildman–Crippen MR) is 82.0 cm³/mol. The zero-order valence-corrected chi connectivity index (χ0v) is 13.0. The van der Waals surface area contributed by atoms with Gasteiger partial charge in [-0.15, -0.1) is 0 Å². The van der Waals surface area contributed by atoms with Crippen molar-refractivity contribution in [1.29, 1.82) is 0 Å². The van der Waals surface area contributed by atoms with Crippen molar-refractivity contribution >= 4 is 5.97 Å². The quantitative estimate of drug-likeness (QED) is 0.641. The van der Waals surface area contributed by atoms with E-state index in [-0.39, 0.29) is 6.61 Å². The van der Waals surface area contributed by atoms with Crippen molar-refractivity contribution in [2.45, 2.75) is 25.4 Å². The first-order valence-electron chi connectivity index (χ1n) is 7.46. The Bertz CT molecular complexity index is 631. The number of ether oxygens (including phenoxy) is 2. The van der Waals surface area contributed by atoms with Gasteiger partial charge in [-0.1, -0.05) is 60.7 Å². The van der Waals surface area contributed by atoms with Crippen LogP contribution in [0.15, 0.2) is 60.7 Å². The van der Waals surface area contributed by atoms with Crippen LogP contribution >= 0.6 is 0 Å². The van der Waals surface area contributed by atoms with Crippen LogP contribution in [0, 0.1) is 0 Å². The van der Waals surface area contributed by atoms with Gasteiger partial charge >= 0.3 is 5.97 Å². The molecule has 5 heteroatoms. The van der Waals surface area contributed by atoms with E-state index in [1.807, 2.05) is 60.7 Å². The lowest BCUT2D eigenvalue weighted by atomic mass is 9.97. The van der Waals surface area contributed by atoms with Crippen LogP contribution in [0.25, 0.3) is 0 Å². The summed E-state index contributed by atoms with van der Waals surface area (Å²) >= 11 is 0. The molecule has 3 rings (SSSR count). The summed E-state index contributed by atoms with van der Waals surface area (Å²) in [5.74, 6) is -3.60. The Morgan fingerprint density at radius 3 is 1.96 bits per heavy atom. The van der Waals surface area contributed by atoms with E-state index in [2.05, 4.69) is 0 Å². The Kier molecular flexibility index (Phi) is 4.17. The Labute approximate surface area is 134 Å². The number of carbonyl (C=O) groups excluding carboxylic acids is 1. The van der Waals surface area contributed by atoms with Gasteiger partial charge in [0, 0.05) is 18.1 Å². The molecule has 0 spiro atoms. The number of benzene rings is 2. The number of carbonyl (C=O) groups is 1. The van der Waals surface area contributed by atoms with E-state index in [1.165, 1.54) is 6.92 Å². The van der Waals surface area contributed by atoms with E-state index in [0.29, 0.717) is 0 Å². The van der Waals surface area contributed by atoms with E-state index < -0.39 is 17.5 Å². The molecule has 1 aliphatic rings. The zero-order valence-electron chi connectivity index (χ0n) is 13.0. The van der Waals surface area contributed by atoms with Gasteiger partial charge in [0.1, 0.15) is 0 Å². The van der Waals surface area contributed by atoms with Crippen molar-refractivity contribution in [2.75, 3.05) is 6.61 Å². The summed E-state index contributed by atoms with van der Waals surface area (Å²) < 4.78 is 11.0. The summed E-state index contributed by atoms with van der Waals surface area (Å²) in [5.41, 5.74) is 1.44. The maximum atomic E-state index is 12.2. The molecule has 0 N–H and O–H groups in total. The molecule has 0 bridgehead atoms. The first kappa shape index (κ1) is 15.7. The lowest BCUT2D eigenvalue weighted by Gasteiger charge is -2.27. The van der Waals surface area contributed by atoms with Crippen LogP contribution in [0.4, 0.5) is 0 Å². The maximum absolute atomic E-state index is 12.2. The van der Waals surface area contributed by atoms with Gasteiger partial charge in [0.05, 0.1) is 6.61 Å². The van der Waals surface area contributed by atoms with Gasteiger partial charge in [-0.05, 0) is 6.92 Å². The Balaban J connectivity index is 2.05. The minimum atomic E-state index is -1.64. The highest BCUT2D eigenvalue weighted by molar-refractivity contribution is 5.77. The van der Waals surface area contributed by atoms with Gasteiger partial charge in [-0.25, -0.2) is 4.79 Å². The fourth-order valence-corrected chi connectivity index (χ4v) is 2.48. The van der Waals surface area contributed by atoms with E-state index in [1.54, 1.807) is 6.92 Å². The molecule has 1 saturated heterocycles. The zero-order chi connectivity index (χ0) is 16.3. The second-order valence-electron chi connectivity index (χ2n) is 5.28. The molecule has 1 unspecified atom stereocenters. The molecular weight excluding hydrogens is 296 g/mol. The first-order chi connectivity index (χ1) is 11.1. The van der Waals surface area contributed by atoms with Gasteiger partial charge in [0.25, 0.3) is 11.6 Å². The fraction of sp³-hybridized carbons (Fsp3) is 0.278. The van der Waals surface area contributed by atoms with E-state index >= 15 is 0 Å². The highest BCUT2D eigenvalue weighted by Gasteiger charge is 2.57. The number of rotatable bonds is 4. The van der Waals surface area contributed by atoms with Crippen molar-refractivity contribution < 1.29 is 24.0 Å². The summed E-state index contributed by atoms with van der Waals surface area (Å²) in [6.07, 6.45) is 0. The van der Waals surface area contributed by atoms with E-state index in [0.717, 1.165) is 11.1 Å². The van der Waals surface area contributed by atoms with Crippen LogP contribution in [0.5, 0.6) is 0 Å². The summed E-state index contributed by atoms with van der Waals surface area (Å²) in [5, 5.41) is 0. The highest BCUT2D eigenvalue weighted by atomic mass is 17.3. The van der Waals surface area contributed by atoms with Crippen molar-refractivity contribution in [2.24, 2.45) is 0 Å². The fourth-order valence-electron chi connectivity index (χ4n) is 2.48. The minimum absolute atomic E-state index is 0.227. The van der Waals surface area contributed by atoms with E-state index in [4.69, 9.17) is 19.2 Å². The molecule has 0 amide bonds. The van der Waals surface area contributed by atoms with Crippen LogP contribution in [0.1, 0.15) is 25.0 Å². The Morgan fingerprint density at radius 1 is 0.957 bits per heavy atom. The molecule has 1 fully saturated rings. The third-order valence-corrected chi connectivity index (χ3v) is 3.61. The summed E-state index contributed by atoms with van der Waals surface area (Å²) in [6.45, 7) is 3.43. The number of hydrogen-bond acceptors (Lipinski definition) is 5. The summed E-state index contributed by atoms with van der Waals surface area (Å²) in [4.78, 5) is 23.0. The van der Waals surface area contributed by atoms with Crippen molar-refractivity contribution in [3.8, 4) is 0 Å². The number of esters is 1. The van der Waals surface area contributed by atoms with Crippen LogP contribution in [0.2, 0.25) is 0 Å². The minimum Gasteiger partial charge on any atom is -0.462 e. The topological polar surface area (TPSA) is 54.0 Å². The molecule has 0 aliphatic carbocycles. The second-order valence-corrected chi connectivity index (χ2v) is 5.28. The summed E-state index contributed by atoms with van der Waals surface area (Å²) in [7, 11) is 0. The molecule has 1 heterocycles. The Hall–Kier alpha value is -2.21. The molecule has 2 aromatic carbocycles. The molecule has 23 heavy (non-hydrogen) atoms. The van der Waals surface area contributed by atoms with Gasteiger partial charge in [0.15, 0.2) is 0 Å². The molecule has 5 nitrogen and oxygen atoms in total. The maximum Gasteiger partial charge on any atom is 0.369 e. The van der Waals surface area contributed by atoms with Crippen LogP contribution < -0.4 is 0 Å². The van der Waals surface area contributed by atoms with Gasteiger partial charge in [-0.3, -0.25) is 4.74 Å². The lowest BCUT2D eigenvalue weighted by Crippen LogP contribution is -2.41. The molecule has 2 aromatic rings. The van der Waals surface area contributed by atoms with Gasteiger partial charge < -0.3 is 4.74 Å². The molecule has 1 aliphatic heterocycles. The average Bonchev–Trinajstić information content (AvgIpc) is 2.97. The predicted octanol–water partition coefficient (Wildman–Crippen LogP) is 3.15. The molecule has 0 radical (unpaired) electrons. The standard InChI is InChI=1S/C18H18O5/c1-3-20-16(19)17(2)21-18(23-22-17,14-10-6-4-7-11-14)15-12-8-5-9-13-15/h4-13H,3H2,1-2H3. The van der Waals surface area contributed by atoms with Crippen molar-refractivity contribution in [1.82, 2.24) is 0 Å². The van der Waals surface area contributed by atoms with E-state index in [9.17, 15) is 4.79 Å². The monoisotopic (exact) mass is 314 g/mol. The third kappa shape index (κ3) is 2.74. The molecular formula is C18H18O5. The normalized spacial score (nSPS) is 22.7. The smallest absolute Gasteiger partial charge is 0.369 e. The SMILES string of the molecule is CCOC(=O)C1(C)OOC(c2ccccc2)(c2ccccc2)O1. The summed E-state index contributed by atoms with van der Waals surface area (Å²) in [6, 6.07) is 18.7. The molecule has 0 aromatic heterocycles. The molecule has 0 saturated carbocycles. The largest absolute Gasteiger partial charge is 0.462 e. The first-order valence-corrected chi connectivity index (χ1v) is 7.46. The van der Waals surface area contributed by atoms with Gasteiger partial charge in [0.2, 0.25) is 0 Å². The molecule has 120 valence electrons. The van der Waals surface area contributed by atoms with Crippen LogP contribution in [-0.4, -0.2) is 18.4 Å². The van der Waals surface area contributed by atoms with Gasteiger partial charge in [-0.2, -0.15) is 9.78 Å². The van der Waals surface area contributed by atoms with Crippen molar-refractivity contribution in [3.05, 3.63) is 71.8 Å². The van der Waals surface area contributed by atoms with Crippen LogP contribution in [-0.2, 0) is 29.8 Å². The number of hydrogen-bond donors (Lipinski definition) is 0. The third-order valence-electron chi connectivity index (χ3n) is 3.61. The Morgan fingerprint density at radius 2 is 1.48 bits per heavy atom. The lowest BCUT2D eigenvalue weighted by molar-refractivity contribution is -0.339. The van der Waals surface area contributed by atoms with Crippen molar-refractivity contribution in [3.63, 3.8) is 0 Å².